The van der Waals surface area contributed by atoms with E-state index in [1.807, 2.05) is 29.1 Å². The highest BCUT2D eigenvalue weighted by atomic mass is 35.5. The van der Waals surface area contributed by atoms with Gasteiger partial charge in [0.05, 0.1) is 17.3 Å². The van der Waals surface area contributed by atoms with Gasteiger partial charge < -0.3 is 0 Å². The van der Waals surface area contributed by atoms with Crippen molar-refractivity contribution < 1.29 is 0 Å². The van der Waals surface area contributed by atoms with Crippen molar-refractivity contribution in [2.45, 2.75) is 24.6 Å². The van der Waals surface area contributed by atoms with Crippen LogP contribution in [-0.4, -0.2) is 9.78 Å². The molecule has 0 bridgehead atoms. The Morgan fingerprint density at radius 2 is 1.89 bits per heavy atom. The SMILES string of the molecule is ClC(c1cnn(-c2ccccc2)c1)C1C2CCCC21. The van der Waals surface area contributed by atoms with Crippen LogP contribution in [0.4, 0.5) is 0 Å². The topological polar surface area (TPSA) is 17.8 Å². The molecule has 1 aromatic carbocycles. The fourth-order valence-electron chi connectivity index (χ4n) is 3.73. The van der Waals surface area contributed by atoms with E-state index in [9.17, 15) is 0 Å². The molecule has 0 saturated heterocycles. The molecule has 0 N–H and O–H groups in total. The second-order valence-corrected chi connectivity index (χ2v) is 6.26. The Hall–Kier alpha value is -1.28. The van der Waals surface area contributed by atoms with Crippen molar-refractivity contribution >= 4 is 11.6 Å². The first-order valence-corrected chi connectivity index (χ1v) is 7.52. The van der Waals surface area contributed by atoms with Crippen molar-refractivity contribution in [3.8, 4) is 5.69 Å². The zero-order valence-electron chi connectivity index (χ0n) is 10.7. The zero-order valence-corrected chi connectivity index (χ0v) is 11.5. The molecule has 98 valence electrons. The lowest BCUT2D eigenvalue weighted by atomic mass is 10.1. The van der Waals surface area contributed by atoms with Gasteiger partial charge in [0.2, 0.25) is 0 Å². The first-order chi connectivity index (χ1) is 9.34. The molecule has 0 spiro atoms. The van der Waals surface area contributed by atoms with E-state index in [1.165, 1.54) is 24.8 Å². The van der Waals surface area contributed by atoms with Crippen LogP contribution in [0.15, 0.2) is 42.7 Å². The van der Waals surface area contributed by atoms with E-state index < -0.39 is 0 Å². The largest absolute Gasteiger partial charge is 0.241 e. The Kier molecular flexibility index (Phi) is 2.66. The first kappa shape index (κ1) is 11.5. The van der Waals surface area contributed by atoms with Crippen molar-refractivity contribution in [3.05, 3.63) is 48.3 Å². The molecule has 3 atom stereocenters. The minimum Gasteiger partial charge on any atom is -0.241 e. The standard InChI is InChI=1S/C16H17ClN2/c17-16(15-13-7-4-8-14(13)15)11-9-18-19(10-11)12-5-2-1-3-6-12/h1-3,5-6,9-10,13-16H,4,7-8H2. The minimum atomic E-state index is 0.146. The van der Waals surface area contributed by atoms with Crippen LogP contribution in [-0.2, 0) is 0 Å². The second kappa shape index (κ2) is 4.38. The third kappa shape index (κ3) is 1.90. The minimum absolute atomic E-state index is 0.146. The van der Waals surface area contributed by atoms with Gasteiger partial charge in [0, 0.05) is 11.8 Å². The first-order valence-electron chi connectivity index (χ1n) is 7.08. The molecule has 3 unspecified atom stereocenters. The summed E-state index contributed by atoms with van der Waals surface area (Å²) in [4.78, 5) is 0. The van der Waals surface area contributed by atoms with Crippen LogP contribution in [0.1, 0.15) is 30.2 Å². The summed E-state index contributed by atoms with van der Waals surface area (Å²) in [5.74, 6) is 2.48. The zero-order chi connectivity index (χ0) is 12.8. The van der Waals surface area contributed by atoms with E-state index in [0.717, 1.165) is 17.5 Å². The summed E-state index contributed by atoms with van der Waals surface area (Å²) in [6.07, 6.45) is 8.18. The molecular weight excluding hydrogens is 256 g/mol. The summed E-state index contributed by atoms with van der Waals surface area (Å²) < 4.78 is 1.92. The fraction of sp³-hybridized carbons (Fsp3) is 0.438. The molecule has 4 rings (SSSR count). The highest BCUT2D eigenvalue weighted by Gasteiger charge is 2.55. The van der Waals surface area contributed by atoms with E-state index in [4.69, 9.17) is 11.6 Å². The molecule has 2 aromatic rings. The number of hydrogen-bond donors (Lipinski definition) is 0. The third-order valence-electron chi connectivity index (χ3n) is 4.75. The van der Waals surface area contributed by atoms with Gasteiger partial charge in [-0.2, -0.15) is 5.10 Å². The van der Waals surface area contributed by atoms with E-state index in [0.29, 0.717) is 5.92 Å². The number of halogens is 1. The maximum Gasteiger partial charge on any atom is 0.0649 e. The van der Waals surface area contributed by atoms with Gasteiger partial charge in [0.15, 0.2) is 0 Å². The molecule has 2 nitrogen and oxygen atoms in total. The van der Waals surface area contributed by atoms with Gasteiger partial charge in [0.1, 0.15) is 0 Å². The number of alkyl halides is 1. The molecule has 19 heavy (non-hydrogen) atoms. The molecule has 1 aromatic heterocycles. The Bertz CT molecular complexity index is 567. The lowest BCUT2D eigenvalue weighted by Crippen LogP contribution is -1.98. The second-order valence-electron chi connectivity index (χ2n) is 5.79. The smallest absolute Gasteiger partial charge is 0.0649 e. The average Bonchev–Trinajstić information content (AvgIpc) is 2.89. The number of hydrogen-bond acceptors (Lipinski definition) is 1. The van der Waals surface area contributed by atoms with Crippen molar-refractivity contribution in [2.24, 2.45) is 17.8 Å². The quantitative estimate of drug-likeness (QED) is 0.766. The van der Waals surface area contributed by atoms with E-state index in [2.05, 4.69) is 23.4 Å². The van der Waals surface area contributed by atoms with Gasteiger partial charge in [-0.05, 0) is 42.7 Å². The van der Waals surface area contributed by atoms with Gasteiger partial charge in [0.25, 0.3) is 0 Å². The normalized spacial score (nSPS) is 30.1. The summed E-state index contributed by atoms with van der Waals surface area (Å²) in [5.41, 5.74) is 2.26. The van der Waals surface area contributed by atoms with Crippen LogP contribution >= 0.6 is 11.6 Å². The number of aromatic nitrogens is 2. The van der Waals surface area contributed by atoms with Crippen LogP contribution in [0.25, 0.3) is 5.69 Å². The Labute approximate surface area is 118 Å². The molecule has 1 heterocycles. The van der Waals surface area contributed by atoms with Crippen molar-refractivity contribution in [2.75, 3.05) is 0 Å². The predicted molar refractivity (Wildman–Crippen MR) is 76.5 cm³/mol. The van der Waals surface area contributed by atoms with Crippen molar-refractivity contribution in [1.82, 2.24) is 9.78 Å². The summed E-state index contributed by atoms with van der Waals surface area (Å²) in [5, 5.41) is 4.59. The molecule has 0 amide bonds. The van der Waals surface area contributed by atoms with Crippen LogP contribution in [0.3, 0.4) is 0 Å². The molecule has 3 heteroatoms. The highest BCUT2D eigenvalue weighted by molar-refractivity contribution is 6.21. The van der Waals surface area contributed by atoms with E-state index >= 15 is 0 Å². The number of rotatable bonds is 3. The molecule has 0 radical (unpaired) electrons. The summed E-state index contributed by atoms with van der Waals surface area (Å²) >= 11 is 6.65. The molecule has 2 saturated carbocycles. The van der Waals surface area contributed by atoms with E-state index in [1.54, 1.807) is 0 Å². The number of nitrogens with zero attached hydrogens (tertiary/aromatic N) is 2. The van der Waals surface area contributed by atoms with Crippen molar-refractivity contribution in [1.29, 1.82) is 0 Å². The lowest BCUT2D eigenvalue weighted by molar-refractivity contribution is 0.573. The molecule has 2 aliphatic rings. The number of para-hydroxylation sites is 1. The average molecular weight is 273 g/mol. The number of benzene rings is 1. The van der Waals surface area contributed by atoms with Crippen LogP contribution < -0.4 is 0 Å². The Balaban J connectivity index is 1.55. The monoisotopic (exact) mass is 272 g/mol. The van der Waals surface area contributed by atoms with Gasteiger partial charge in [-0.15, -0.1) is 11.6 Å². The molecule has 2 aliphatic carbocycles. The van der Waals surface area contributed by atoms with Crippen molar-refractivity contribution in [3.63, 3.8) is 0 Å². The van der Waals surface area contributed by atoms with Crippen LogP contribution in [0.5, 0.6) is 0 Å². The maximum absolute atomic E-state index is 6.65. The van der Waals surface area contributed by atoms with Crippen LogP contribution in [0.2, 0.25) is 0 Å². The summed E-state index contributed by atoms with van der Waals surface area (Å²) in [6.45, 7) is 0. The van der Waals surface area contributed by atoms with Gasteiger partial charge in [-0.25, -0.2) is 4.68 Å². The highest BCUT2D eigenvalue weighted by Crippen LogP contribution is 2.63. The van der Waals surface area contributed by atoms with E-state index in [-0.39, 0.29) is 5.38 Å². The Morgan fingerprint density at radius 1 is 1.16 bits per heavy atom. The maximum atomic E-state index is 6.65. The molecular formula is C16H17ClN2. The number of fused-ring (bicyclic) bond motifs is 1. The van der Waals surface area contributed by atoms with Gasteiger partial charge >= 0.3 is 0 Å². The molecule has 0 aliphatic heterocycles. The predicted octanol–water partition coefficient (Wildman–Crippen LogP) is 4.20. The summed E-state index contributed by atoms with van der Waals surface area (Å²) in [7, 11) is 0. The van der Waals surface area contributed by atoms with Gasteiger partial charge in [-0.3, -0.25) is 0 Å². The fourth-order valence-corrected chi connectivity index (χ4v) is 4.22. The third-order valence-corrected chi connectivity index (χ3v) is 5.30. The Morgan fingerprint density at radius 3 is 2.63 bits per heavy atom. The molecule has 2 fully saturated rings. The van der Waals surface area contributed by atoms with Gasteiger partial charge in [-0.1, -0.05) is 24.6 Å². The summed E-state index contributed by atoms with van der Waals surface area (Å²) in [6, 6.07) is 10.2. The van der Waals surface area contributed by atoms with Crippen LogP contribution in [0, 0.1) is 17.8 Å². The lowest BCUT2D eigenvalue weighted by Gasteiger charge is -2.08.